The molecule has 3 nitrogen and oxygen atoms in total. The molecule has 2 fully saturated rings. The Morgan fingerprint density at radius 3 is 2.79 bits per heavy atom. The Labute approximate surface area is 87.0 Å². The fraction of sp³-hybridized carbons (Fsp3) is 1.00. The molecule has 0 amide bonds. The van der Waals surface area contributed by atoms with Gasteiger partial charge in [0, 0.05) is 25.7 Å². The molecule has 0 bridgehead atoms. The third-order valence-electron chi connectivity index (χ3n) is 3.39. The molecule has 0 aromatic rings. The first-order valence-electron chi connectivity index (χ1n) is 5.80. The zero-order valence-corrected chi connectivity index (χ0v) is 9.41. The number of piperidine rings is 1. The summed E-state index contributed by atoms with van der Waals surface area (Å²) in [6.07, 6.45) is 3.15. The Hall–Kier alpha value is -0.120. The lowest BCUT2D eigenvalue weighted by Crippen LogP contribution is -2.52. The van der Waals surface area contributed by atoms with E-state index in [0.717, 1.165) is 25.7 Å². The van der Waals surface area contributed by atoms with Crippen LogP contribution in [0, 0.1) is 0 Å². The molecular weight excluding hydrogens is 176 g/mol. The average molecular weight is 198 g/mol. The second-order valence-electron chi connectivity index (χ2n) is 4.73. The van der Waals surface area contributed by atoms with E-state index >= 15 is 0 Å². The van der Waals surface area contributed by atoms with E-state index < -0.39 is 0 Å². The van der Waals surface area contributed by atoms with Crippen LogP contribution in [0.4, 0.5) is 0 Å². The van der Waals surface area contributed by atoms with Gasteiger partial charge in [0.25, 0.3) is 0 Å². The van der Waals surface area contributed by atoms with Gasteiger partial charge in [0.2, 0.25) is 0 Å². The molecule has 2 aliphatic rings. The highest BCUT2D eigenvalue weighted by Crippen LogP contribution is 2.17. The molecule has 2 aliphatic heterocycles. The van der Waals surface area contributed by atoms with Crippen LogP contribution in [0.25, 0.3) is 0 Å². The lowest BCUT2D eigenvalue weighted by Gasteiger charge is -2.41. The van der Waals surface area contributed by atoms with Crippen LogP contribution in [-0.4, -0.2) is 61.8 Å². The number of likely N-dealkylation sites (N-methyl/N-ethyl adjacent to an activating group) is 1. The predicted molar refractivity (Wildman–Crippen MR) is 57.5 cm³/mol. The zero-order valence-electron chi connectivity index (χ0n) is 9.41. The molecule has 2 unspecified atom stereocenters. The monoisotopic (exact) mass is 198 g/mol. The molecule has 2 saturated heterocycles. The summed E-state index contributed by atoms with van der Waals surface area (Å²) < 4.78 is 5.57. The number of hydrogen-bond acceptors (Lipinski definition) is 3. The van der Waals surface area contributed by atoms with Crippen LogP contribution in [0.1, 0.15) is 19.8 Å². The number of morpholine rings is 1. The summed E-state index contributed by atoms with van der Waals surface area (Å²) in [5, 5.41) is 0. The smallest absolute Gasteiger partial charge is 0.0674 e. The number of likely N-dealkylation sites (tertiary alicyclic amines) is 1. The summed E-state index contributed by atoms with van der Waals surface area (Å²) in [6, 6.07) is 0.778. The van der Waals surface area contributed by atoms with Gasteiger partial charge in [-0.3, -0.25) is 4.90 Å². The van der Waals surface area contributed by atoms with Gasteiger partial charge in [0.15, 0.2) is 0 Å². The van der Waals surface area contributed by atoms with E-state index in [9.17, 15) is 0 Å². The molecule has 2 heterocycles. The van der Waals surface area contributed by atoms with E-state index in [0.29, 0.717) is 6.10 Å². The Morgan fingerprint density at radius 2 is 2.07 bits per heavy atom. The van der Waals surface area contributed by atoms with Crippen molar-refractivity contribution in [2.75, 3.05) is 39.8 Å². The van der Waals surface area contributed by atoms with Crippen molar-refractivity contribution in [2.45, 2.75) is 31.9 Å². The molecule has 2 atom stereocenters. The van der Waals surface area contributed by atoms with Crippen LogP contribution >= 0.6 is 0 Å². The number of rotatable bonds is 1. The first-order valence-corrected chi connectivity index (χ1v) is 5.80. The Kier molecular flexibility index (Phi) is 3.42. The van der Waals surface area contributed by atoms with E-state index in [1.807, 2.05) is 0 Å². The van der Waals surface area contributed by atoms with Crippen LogP contribution in [0.5, 0.6) is 0 Å². The van der Waals surface area contributed by atoms with Gasteiger partial charge in [-0.25, -0.2) is 0 Å². The first kappa shape index (κ1) is 10.4. The molecule has 0 aliphatic carbocycles. The minimum absolute atomic E-state index is 0.427. The summed E-state index contributed by atoms with van der Waals surface area (Å²) >= 11 is 0. The van der Waals surface area contributed by atoms with Crippen LogP contribution in [0.3, 0.4) is 0 Å². The average Bonchev–Trinajstić information content (AvgIpc) is 2.18. The number of hydrogen-bond donors (Lipinski definition) is 0. The number of ether oxygens (including phenoxy) is 1. The van der Waals surface area contributed by atoms with E-state index in [1.54, 1.807) is 0 Å². The zero-order chi connectivity index (χ0) is 9.97. The van der Waals surface area contributed by atoms with Gasteiger partial charge in [0.1, 0.15) is 0 Å². The van der Waals surface area contributed by atoms with Crippen LogP contribution in [0.2, 0.25) is 0 Å². The van der Waals surface area contributed by atoms with Crippen molar-refractivity contribution in [1.29, 1.82) is 0 Å². The lowest BCUT2D eigenvalue weighted by atomic mass is 10.0. The molecule has 0 radical (unpaired) electrons. The highest BCUT2D eigenvalue weighted by atomic mass is 16.5. The number of nitrogens with zero attached hydrogens (tertiary/aromatic N) is 2. The highest BCUT2D eigenvalue weighted by Gasteiger charge is 2.26. The maximum absolute atomic E-state index is 5.57. The minimum atomic E-state index is 0.427. The van der Waals surface area contributed by atoms with E-state index in [1.165, 1.54) is 25.9 Å². The van der Waals surface area contributed by atoms with Gasteiger partial charge in [-0.05, 0) is 33.4 Å². The second kappa shape index (κ2) is 4.60. The van der Waals surface area contributed by atoms with Crippen molar-refractivity contribution >= 4 is 0 Å². The molecule has 2 rings (SSSR count). The van der Waals surface area contributed by atoms with Crippen LogP contribution in [-0.2, 0) is 4.74 Å². The fourth-order valence-electron chi connectivity index (χ4n) is 2.61. The van der Waals surface area contributed by atoms with Crippen molar-refractivity contribution < 1.29 is 4.74 Å². The van der Waals surface area contributed by atoms with Crippen LogP contribution in [0.15, 0.2) is 0 Å². The molecule has 0 N–H and O–H groups in total. The topological polar surface area (TPSA) is 15.7 Å². The standard InChI is InChI=1S/C11H22N2O/c1-10-8-13(6-7-14-10)11-4-3-5-12(2)9-11/h10-11H,3-9H2,1-2H3. The molecule has 0 aromatic heterocycles. The maximum Gasteiger partial charge on any atom is 0.0674 e. The van der Waals surface area contributed by atoms with Crippen molar-refractivity contribution in [1.82, 2.24) is 9.80 Å². The summed E-state index contributed by atoms with van der Waals surface area (Å²) in [7, 11) is 2.23. The van der Waals surface area contributed by atoms with E-state index in [2.05, 4.69) is 23.8 Å². The quantitative estimate of drug-likeness (QED) is 0.620. The fourth-order valence-corrected chi connectivity index (χ4v) is 2.61. The summed E-state index contributed by atoms with van der Waals surface area (Å²) in [6.45, 7) is 7.87. The molecule has 0 spiro atoms. The first-order chi connectivity index (χ1) is 6.75. The Morgan fingerprint density at radius 1 is 1.21 bits per heavy atom. The summed E-state index contributed by atoms with van der Waals surface area (Å²) in [5.74, 6) is 0. The normalized spacial score (nSPS) is 37.3. The lowest BCUT2D eigenvalue weighted by molar-refractivity contribution is -0.0438. The third-order valence-corrected chi connectivity index (χ3v) is 3.39. The Bertz CT molecular complexity index is 166. The van der Waals surface area contributed by atoms with Gasteiger partial charge in [-0.1, -0.05) is 0 Å². The minimum Gasteiger partial charge on any atom is -0.376 e. The molecule has 0 saturated carbocycles. The van der Waals surface area contributed by atoms with Crippen molar-refractivity contribution in [3.63, 3.8) is 0 Å². The van der Waals surface area contributed by atoms with Gasteiger partial charge in [0.05, 0.1) is 12.7 Å². The Balaban J connectivity index is 1.86. The van der Waals surface area contributed by atoms with Gasteiger partial charge < -0.3 is 9.64 Å². The highest BCUT2D eigenvalue weighted by molar-refractivity contribution is 4.82. The van der Waals surface area contributed by atoms with Gasteiger partial charge >= 0.3 is 0 Å². The van der Waals surface area contributed by atoms with E-state index in [4.69, 9.17) is 4.74 Å². The molecule has 14 heavy (non-hydrogen) atoms. The van der Waals surface area contributed by atoms with E-state index in [-0.39, 0.29) is 0 Å². The summed E-state index contributed by atoms with van der Waals surface area (Å²) in [5.41, 5.74) is 0. The molecule has 3 heteroatoms. The van der Waals surface area contributed by atoms with Crippen molar-refractivity contribution in [3.05, 3.63) is 0 Å². The van der Waals surface area contributed by atoms with Crippen molar-refractivity contribution in [2.24, 2.45) is 0 Å². The third kappa shape index (κ3) is 2.47. The van der Waals surface area contributed by atoms with Crippen molar-refractivity contribution in [3.8, 4) is 0 Å². The maximum atomic E-state index is 5.57. The van der Waals surface area contributed by atoms with Gasteiger partial charge in [-0.15, -0.1) is 0 Å². The summed E-state index contributed by atoms with van der Waals surface area (Å²) in [4.78, 5) is 5.07. The van der Waals surface area contributed by atoms with Crippen LogP contribution < -0.4 is 0 Å². The van der Waals surface area contributed by atoms with Gasteiger partial charge in [-0.2, -0.15) is 0 Å². The molecule has 82 valence electrons. The second-order valence-corrected chi connectivity index (χ2v) is 4.73. The molecule has 0 aromatic carbocycles. The molecular formula is C11H22N2O. The predicted octanol–water partition coefficient (Wildman–Crippen LogP) is 0.801. The largest absolute Gasteiger partial charge is 0.376 e. The SMILES string of the molecule is CC1CN(C2CCCN(C)C2)CCO1.